The van der Waals surface area contributed by atoms with E-state index in [-0.39, 0.29) is 17.7 Å². The number of nitrogens with zero attached hydrogens (tertiary/aromatic N) is 1. The number of rotatable bonds is 4. The largest absolute Gasteiger partial charge is 0.531 e. The topological polar surface area (TPSA) is 126 Å². The molecule has 0 saturated carbocycles. The number of hydrogen-bond acceptors (Lipinski definition) is 6. The van der Waals surface area contributed by atoms with Crippen molar-refractivity contribution in [2.75, 3.05) is 12.0 Å². The Morgan fingerprint density at radius 3 is 2.53 bits per heavy atom. The summed E-state index contributed by atoms with van der Waals surface area (Å²) in [6.45, 7) is 0. The lowest BCUT2D eigenvalue weighted by molar-refractivity contribution is 0.0642. The number of hydrogen-bond donors (Lipinski definition) is 3. The van der Waals surface area contributed by atoms with Gasteiger partial charge in [0, 0.05) is 17.9 Å². The second-order valence-electron chi connectivity index (χ2n) is 3.38. The first-order chi connectivity index (χ1) is 7.70. The third-order valence-corrected chi connectivity index (χ3v) is 2.85. The number of aryl methyl sites for hydroxylation is 1. The van der Waals surface area contributed by atoms with Crippen molar-refractivity contribution in [3.63, 3.8) is 0 Å². The third-order valence-electron chi connectivity index (χ3n) is 1.90. The molecule has 1 aromatic heterocycles. The molecule has 0 aliphatic rings. The van der Waals surface area contributed by atoms with Gasteiger partial charge in [0.05, 0.1) is 5.75 Å². The zero-order valence-corrected chi connectivity index (χ0v) is 9.64. The molecule has 0 radical (unpaired) electrons. The second kappa shape index (κ2) is 4.53. The predicted molar refractivity (Wildman–Crippen MR) is 55.8 cm³/mol. The zero-order valence-electron chi connectivity index (χ0n) is 8.82. The van der Waals surface area contributed by atoms with Crippen LogP contribution in [-0.4, -0.2) is 46.6 Å². The molecule has 0 aliphatic carbocycles. The molecule has 0 bridgehead atoms. The monoisotopic (exact) mass is 265 g/mol. The number of aromatic hydroxyl groups is 2. The average Bonchev–Trinajstić information content (AvgIpc) is 2.41. The smallest absolute Gasteiger partial charge is 0.492 e. The van der Waals surface area contributed by atoms with Crippen molar-refractivity contribution in [2.24, 2.45) is 0 Å². The molecular weight excluding hydrogens is 254 g/mol. The molecule has 0 fully saturated rings. The maximum absolute atomic E-state index is 10.9. The lowest BCUT2D eigenvalue weighted by Gasteiger charge is -2.03. The van der Waals surface area contributed by atoms with Crippen LogP contribution >= 0.6 is 0 Å². The van der Waals surface area contributed by atoms with Gasteiger partial charge in [0.15, 0.2) is 0 Å². The van der Waals surface area contributed by atoms with Crippen LogP contribution in [0.4, 0.5) is 4.79 Å². The minimum Gasteiger partial charge on any atom is -0.492 e. The van der Waals surface area contributed by atoms with Crippen molar-refractivity contribution in [3.8, 4) is 11.8 Å². The molecule has 0 aliphatic heterocycles. The first-order valence-corrected chi connectivity index (χ1v) is 6.48. The Balaban J connectivity index is 2.92. The van der Waals surface area contributed by atoms with Crippen molar-refractivity contribution in [2.45, 2.75) is 6.42 Å². The van der Waals surface area contributed by atoms with E-state index in [0.717, 1.165) is 12.3 Å². The summed E-state index contributed by atoms with van der Waals surface area (Å²) in [4.78, 5) is 14.3. The minimum atomic E-state index is -3.22. The normalized spacial score (nSPS) is 11.4. The van der Waals surface area contributed by atoms with E-state index in [1.807, 2.05) is 0 Å². The van der Waals surface area contributed by atoms with Crippen LogP contribution < -0.4 is 4.84 Å². The van der Waals surface area contributed by atoms with Gasteiger partial charge in [0.25, 0.3) is 0 Å². The van der Waals surface area contributed by atoms with Gasteiger partial charge < -0.3 is 15.3 Å². The zero-order chi connectivity index (χ0) is 13.2. The van der Waals surface area contributed by atoms with Crippen LogP contribution in [0.25, 0.3) is 0 Å². The van der Waals surface area contributed by atoms with Gasteiger partial charge in [0.2, 0.25) is 11.8 Å². The Hall–Kier alpha value is -1.90. The van der Waals surface area contributed by atoms with E-state index in [1.165, 1.54) is 0 Å². The SMILES string of the molecule is CS(=O)(=O)CCc1cc(O)n(OC(=O)O)c1O. The second-order valence-corrected chi connectivity index (χ2v) is 5.64. The Labute approximate surface area is 96.5 Å². The van der Waals surface area contributed by atoms with Gasteiger partial charge in [-0.25, -0.2) is 13.2 Å². The maximum atomic E-state index is 10.9. The van der Waals surface area contributed by atoms with Gasteiger partial charge in [-0.1, -0.05) is 0 Å². The molecule has 1 rings (SSSR count). The summed E-state index contributed by atoms with van der Waals surface area (Å²) in [5.41, 5.74) is 0.0779. The highest BCUT2D eigenvalue weighted by molar-refractivity contribution is 7.90. The lowest BCUT2D eigenvalue weighted by atomic mass is 10.2. The molecule has 17 heavy (non-hydrogen) atoms. The summed E-state index contributed by atoms with van der Waals surface area (Å²) >= 11 is 0. The van der Waals surface area contributed by atoms with E-state index >= 15 is 0 Å². The molecule has 3 N–H and O–H groups in total. The minimum absolute atomic E-state index is 0.0613. The summed E-state index contributed by atoms with van der Waals surface area (Å²) < 4.78 is 22.1. The first kappa shape index (κ1) is 13.2. The number of carbonyl (C=O) groups is 1. The van der Waals surface area contributed by atoms with Gasteiger partial charge >= 0.3 is 6.16 Å². The summed E-state index contributed by atoms with van der Waals surface area (Å²) in [7, 11) is -3.22. The van der Waals surface area contributed by atoms with Crippen LogP contribution in [0.15, 0.2) is 6.07 Å². The van der Waals surface area contributed by atoms with E-state index in [1.54, 1.807) is 0 Å². The highest BCUT2D eigenvalue weighted by Crippen LogP contribution is 2.26. The lowest BCUT2D eigenvalue weighted by Crippen LogP contribution is -2.16. The van der Waals surface area contributed by atoms with Crippen LogP contribution in [0.3, 0.4) is 0 Å². The molecule has 0 amide bonds. The fourth-order valence-electron chi connectivity index (χ4n) is 1.17. The fourth-order valence-corrected chi connectivity index (χ4v) is 1.76. The van der Waals surface area contributed by atoms with Gasteiger partial charge in [-0.05, 0) is 6.42 Å². The maximum Gasteiger partial charge on any atom is 0.531 e. The van der Waals surface area contributed by atoms with Crippen molar-refractivity contribution in [1.82, 2.24) is 4.73 Å². The molecule has 0 spiro atoms. The van der Waals surface area contributed by atoms with Gasteiger partial charge in [0.1, 0.15) is 9.84 Å². The molecule has 9 heteroatoms. The molecule has 0 saturated heterocycles. The molecular formula is C8H11NO7S. The van der Waals surface area contributed by atoms with Gasteiger partial charge in [-0.2, -0.15) is 0 Å². The Kier molecular flexibility index (Phi) is 3.51. The van der Waals surface area contributed by atoms with Crippen LogP contribution in [-0.2, 0) is 16.3 Å². The Bertz CT molecular complexity index is 530. The predicted octanol–water partition coefficient (Wildman–Crippen LogP) is -0.407. The van der Waals surface area contributed by atoms with Gasteiger partial charge in [-0.15, -0.1) is 4.73 Å². The summed E-state index contributed by atoms with van der Waals surface area (Å²) in [5.74, 6) is -1.51. The standard InChI is InChI=1S/C8H11NO7S/c1-17(14,15)3-2-5-4-6(10)9(7(5)11)16-8(12)13/h4,10-11H,2-3H2,1H3,(H,12,13). The molecule has 0 atom stereocenters. The molecule has 96 valence electrons. The highest BCUT2D eigenvalue weighted by atomic mass is 32.2. The Morgan fingerprint density at radius 2 is 2.06 bits per heavy atom. The van der Waals surface area contributed by atoms with Crippen LogP contribution in [0, 0.1) is 0 Å². The molecule has 1 heterocycles. The highest BCUT2D eigenvalue weighted by Gasteiger charge is 2.18. The number of sulfone groups is 1. The van der Waals surface area contributed by atoms with Crippen LogP contribution in [0.5, 0.6) is 11.8 Å². The number of aromatic nitrogens is 1. The average molecular weight is 265 g/mol. The molecule has 8 nitrogen and oxygen atoms in total. The van der Waals surface area contributed by atoms with E-state index in [2.05, 4.69) is 4.84 Å². The first-order valence-electron chi connectivity index (χ1n) is 4.42. The van der Waals surface area contributed by atoms with E-state index in [0.29, 0.717) is 4.73 Å². The van der Waals surface area contributed by atoms with Crippen molar-refractivity contribution in [3.05, 3.63) is 11.6 Å². The van der Waals surface area contributed by atoms with Crippen molar-refractivity contribution >= 4 is 16.0 Å². The van der Waals surface area contributed by atoms with Crippen LogP contribution in [0.1, 0.15) is 5.56 Å². The number of carboxylic acid groups (broad SMARTS) is 1. The van der Waals surface area contributed by atoms with Crippen molar-refractivity contribution in [1.29, 1.82) is 0 Å². The van der Waals surface area contributed by atoms with E-state index < -0.39 is 27.8 Å². The molecule has 0 unspecified atom stereocenters. The van der Waals surface area contributed by atoms with Crippen molar-refractivity contribution < 1.29 is 33.4 Å². The summed E-state index contributed by atoms with van der Waals surface area (Å²) in [6.07, 6.45) is -0.760. The summed E-state index contributed by atoms with van der Waals surface area (Å²) in [6, 6.07) is 1.03. The van der Waals surface area contributed by atoms with E-state index in [9.17, 15) is 23.4 Å². The van der Waals surface area contributed by atoms with Crippen LogP contribution in [0.2, 0.25) is 0 Å². The molecule has 1 aromatic rings. The third kappa shape index (κ3) is 3.55. The molecule has 0 aromatic carbocycles. The quantitative estimate of drug-likeness (QED) is 0.675. The Morgan fingerprint density at radius 1 is 1.47 bits per heavy atom. The fraction of sp³-hybridized carbons (Fsp3) is 0.375. The van der Waals surface area contributed by atoms with Gasteiger partial charge in [-0.3, -0.25) is 4.84 Å². The van der Waals surface area contributed by atoms with E-state index in [4.69, 9.17) is 5.11 Å². The summed E-state index contributed by atoms with van der Waals surface area (Å²) in [5, 5.41) is 27.1.